The Labute approximate surface area is 119 Å². The number of anilines is 1. The zero-order valence-electron chi connectivity index (χ0n) is 10.6. The number of imidazole rings is 1. The molecule has 102 valence electrons. The van der Waals surface area contributed by atoms with E-state index >= 15 is 0 Å². The number of benzene rings is 2. The maximum Gasteiger partial charge on any atom is 0.206 e. The van der Waals surface area contributed by atoms with E-state index < -0.39 is 5.82 Å². The zero-order valence-corrected chi connectivity index (χ0v) is 11.4. The van der Waals surface area contributed by atoms with Crippen LogP contribution in [0.5, 0.6) is 5.75 Å². The molecule has 0 fully saturated rings. The van der Waals surface area contributed by atoms with Gasteiger partial charge in [0, 0.05) is 11.1 Å². The SMILES string of the molecule is COc1ccc(F)c(-n2c(N)nc3ccc(Cl)cc32)c1. The molecule has 0 unspecified atom stereocenters. The van der Waals surface area contributed by atoms with Crippen molar-refractivity contribution in [3.8, 4) is 11.4 Å². The van der Waals surface area contributed by atoms with E-state index in [-0.39, 0.29) is 11.6 Å². The van der Waals surface area contributed by atoms with Crippen molar-refractivity contribution in [2.75, 3.05) is 12.8 Å². The van der Waals surface area contributed by atoms with Gasteiger partial charge >= 0.3 is 0 Å². The number of aromatic nitrogens is 2. The summed E-state index contributed by atoms with van der Waals surface area (Å²) in [5.41, 5.74) is 7.46. The van der Waals surface area contributed by atoms with Crippen molar-refractivity contribution in [1.29, 1.82) is 0 Å². The van der Waals surface area contributed by atoms with E-state index in [1.54, 1.807) is 30.3 Å². The summed E-state index contributed by atoms with van der Waals surface area (Å²) in [6, 6.07) is 9.57. The molecule has 2 N–H and O–H groups in total. The van der Waals surface area contributed by atoms with E-state index in [4.69, 9.17) is 22.1 Å². The molecule has 0 spiro atoms. The van der Waals surface area contributed by atoms with Gasteiger partial charge in [-0.3, -0.25) is 4.57 Å². The molecule has 0 aliphatic rings. The molecule has 1 aromatic heterocycles. The van der Waals surface area contributed by atoms with Crippen molar-refractivity contribution in [2.45, 2.75) is 0 Å². The standard InChI is InChI=1S/C14H11ClFN3O/c1-20-9-3-4-10(16)12(7-9)19-13-6-8(15)2-5-11(13)18-14(19)17/h2-7H,1H3,(H2,17,18). The highest BCUT2D eigenvalue weighted by Gasteiger charge is 2.14. The van der Waals surface area contributed by atoms with Crippen molar-refractivity contribution in [1.82, 2.24) is 9.55 Å². The third-order valence-electron chi connectivity index (χ3n) is 3.04. The number of nitrogen functional groups attached to an aromatic ring is 1. The Morgan fingerprint density at radius 3 is 2.80 bits per heavy atom. The van der Waals surface area contributed by atoms with Crippen LogP contribution in [0.3, 0.4) is 0 Å². The first kappa shape index (κ1) is 12.7. The van der Waals surface area contributed by atoms with Gasteiger partial charge in [0.1, 0.15) is 11.6 Å². The van der Waals surface area contributed by atoms with E-state index in [1.807, 2.05) is 0 Å². The number of hydrogen-bond donors (Lipinski definition) is 1. The van der Waals surface area contributed by atoms with Crippen LogP contribution < -0.4 is 10.5 Å². The molecule has 20 heavy (non-hydrogen) atoms. The number of ether oxygens (including phenoxy) is 1. The molecular weight excluding hydrogens is 281 g/mol. The molecule has 0 saturated heterocycles. The van der Waals surface area contributed by atoms with Gasteiger partial charge in [-0.25, -0.2) is 9.37 Å². The molecule has 3 rings (SSSR count). The maximum absolute atomic E-state index is 14.1. The van der Waals surface area contributed by atoms with Gasteiger partial charge in [-0.15, -0.1) is 0 Å². The summed E-state index contributed by atoms with van der Waals surface area (Å²) in [6.45, 7) is 0. The summed E-state index contributed by atoms with van der Waals surface area (Å²) in [5.74, 6) is 0.302. The van der Waals surface area contributed by atoms with E-state index in [1.165, 1.54) is 17.7 Å². The van der Waals surface area contributed by atoms with Crippen LogP contribution in [-0.2, 0) is 0 Å². The monoisotopic (exact) mass is 291 g/mol. The molecule has 0 saturated carbocycles. The summed E-state index contributed by atoms with van der Waals surface area (Å²) >= 11 is 5.99. The number of rotatable bonds is 2. The second-order valence-corrected chi connectivity index (χ2v) is 4.69. The fraction of sp³-hybridized carbons (Fsp3) is 0.0714. The van der Waals surface area contributed by atoms with Gasteiger partial charge in [0.15, 0.2) is 0 Å². The Bertz CT molecular complexity index is 800. The number of methoxy groups -OCH3 is 1. The molecule has 3 aromatic rings. The first-order chi connectivity index (χ1) is 9.60. The lowest BCUT2D eigenvalue weighted by atomic mass is 10.2. The van der Waals surface area contributed by atoms with Crippen molar-refractivity contribution in [2.24, 2.45) is 0 Å². The van der Waals surface area contributed by atoms with Gasteiger partial charge < -0.3 is 10.5 Å². The molecule has 0 aliphatic carbocycles. The van der Waals surface area contributed by atoms with Gasteiger partial charge in [-0.1, -0.05) is 11.6 Å². The van der Waals surface area contributed by atoms with Crippen molar-refractivity contribution >= 4 is 28.6 Å². The van der Waals surface area contributed by atoms with Gasteiger partial charge in [-0.05, 0) is 30.3 Å². The topological polar surface area (TPSA) is 53.1 Å². The summed E-state index contributed by atoms with van der Waals surface area (Å²) in [5, 5.41) is 0.530. The normalized spacial score (nSPS) is 10.9. The Kier molecular flexibility index (Phi) is 2.99. The number of halogens is 2. The molecule has 0 bridgehead atoms. The summed E-state index contributed by atoms with van der Waals surface area (Å²) < 4.78 is 20.7. The highest BCUT2D eigenvalue weighted by molar-refractivity contribution is 6.31. The van der Waals surface area contributed by atoms with Crippen LogP contribution in [0.25, 0.3) is 16.7 Å². The van der Waals surface area contributed by atoms with Crippen LogP contribution in [0.1, 0.15) is 0 Å². The van der Waals surface area contributed by atoms with Crippen molar-refractivity contribution in [3.05, 3.63) is 47.2 Å². The van der Waals surface area contributed by atoms with E-state index in [0.29, 0.717) is 21.8 Å². The van der Waals surface area contributed by atoms with Crippen LogP contribution in [-0.4, -0.2) is 16.7 Å². The smallest absolute Gasteiger partial charge is 0.206 e. The average Bonchev–Trinajstić information content (AvgIpc) is 2.75. The summed E-state index contributed by atoms with van der Waals surface area (Å²) in [6.07, 6.45) is 0. The number of nitrogens with two attached hydrogens (primary N) is 1. The zero-order chi connectivity index (χ0) is 14.3. The van der Waals surface area contributed by atoms with Crippen LogP contribution in [0.2, 0.25) is 5.02 Å². The van der Waals surface area contributed by atoms with E-state index in [9.17, 15) is 4.39 Å². The first-order valence-corrected chi connectivity index (χ1v) is 6.25. The molecule has 2 aromatic carbocycles. The Morgan fingerprint density at radius 1 is 1.25 bits per heavy atom. The van der Waals surface area contributed by atoms with E-state index in [0.717, 1.165) is 0 Å². The number of fused-ring (bicyclic) bond motifs is 1. The molecule has 0 amide bonds. The molecule has 6 heteroatoms. The third-order valence-corrected chi connectivity index (χ3v) is 3.27. The molecule has 0 atom stereocenters. The Hall–Kier alpha value is -2.27. The predicted octanol–water partition coefficient (Wildman–Crippen LogP) is 3.41. The minimum atomic E-state index is -0.420. The van der Waals surface area contributed by atoms with Gasteiger partial charge in [0.2, 0.25) is 5.95 Å². The lowest BCUT2D eigenvalue weighted by Gasteiger charge is -2.09. The fourth-order valence-electron chi connectivity index (χ4n) is 2.11. The lowest BCUT2D eigenvalue weighted by molar-refractivity contribution is 0.413. The molecule has 0 radical (unpaired) electrons. The number of hydrogen-bond acceptors (Lipinski definition) is 3. The minimum Gasteiger partial charge on any atom is -0.497 e. The molecule has 1 heterocycles. The fourth-order valence-corrected chi connectivity index (χ4v) is 2.28. The Morgan fingerprint density at radius 2 is 2.05 bits per heavy atom. The maximum atomic E-state index is 14.1. The second kappa shape index (κ2) is 4.68. The van der Waals surface area contributed by atoms with Gasteiger partial charge in [0.25, 0.3) is 0 Å². The number of nitrogens with zero attached hydrogens (tertiary/aromatic N) is 2. The van der Waals surface area contributed by atoms with Gasteiger partial charge in [-0.2, -0.15) is 0 Å². The van der Waals surface area contributed by atoms with Crippen LogP contribution in [0, 0.1) is 5.82 Å². The van der Waals surface area contributed by atoms with Crippen molar-refractivity contribution in [3.63, 3.8) is 0 Å². The van der Waals surface area contributed by atoms with Crippen molar-refractivity contribution < 1.29 is 9.13 Å². The van der Waals surface area contributed by atoms with Gasteiger partial charge in [0.05, 0.1) is 23.8 Å². The van der Waals surface area contributed by atoms with E-state index in [2.05, 4.69) is 4.98 Å². The lowest BCUT2D eigenvalue weighted by Crippen LogP contribution is -2.03. The van der Waals surface area contributed by atoms with Crippen LogP contribution in [0.15, 0.2) is 36.4 Å². The predicted molar refractivity (Wildman–Crippen MR) is 77.0 cm³/mol. The molecule has 4 nitrogen and oxygen atoms in total. The van der Waals surface area contributed by atoms with Crippen LogP contribution >= 0.6 is 11.6 Å². The highest BCUT2D eigenvalue weighted by atomic mass is 35.5. The van der Waals surface area contributed by atoms with Crippen LogP contribution in [0.4, 0.5) is 10.3 Å². The second-order valence-electron chi connectivity index (χ2n) is 4.26. The average molecular weight is 292 g/mol. The highest BCUT2D eigenvalue weighted by Crippen LogP contribution is 2.29. The summed E-state index contributed by atoms with van der Waals surface area (Å²) in [4.78, 5) is 4.20. The molecule has 0 aliphatic heterocycles. The quantitative estimate of drug-likeness (QED) is 0.787. The Balaban J connectivity index is 2.34. The third kappa shape index (κ3) is 1.96. The largest absolute Gasteiger partial charge is 0.497 e. The minimum absolute atomic E-state index is 0.189. The molecular formula is C14H11ClFN3O. The summed E-state index contributed by atoms with van der Waals surface area (Å²) in [7, 11) is 1.52. The first-order valence-electron chi connectivity index (χ1n) is 5.87.